The van der Waals surface area contributed by atoms with Crippen LogP contribution in [-0.4, -0.2) is 16.6 Å². The van der Waals surface area contributed by atoms with Gasteiger partial charge >= 0.3 is 0 Å². The van der Waals surface area contributed by atoms with E-state index in [2.05, 4.69) is 22.0 Å². The van der Waals surface area contributed by atoms with Crippen LogP contribution in [0.25, 0.3) is 0 Å². The molecule has 17 heavy (non-hydrogen) atoms. The number of nitrogens with one attached hydrogen (secondary N) is 1. The molecule has 94 valence electrons. The first-order valence-corrected chi connectivity index (χ1v) is 5.49. The average molecular weight is 236 g/mol. The fourth-order valence-electron chi connectivity index (χ4n) is 1.25. The summed E-state index contributed by atoms with van der Waals surface area (Å²) < 4.78 is 5.50. The van der Waals surface area contributed by atoms with E-state index in [0.717, 1.165) is 5.56 Å². The number of aromatic nitrogens is 2. The van der Waals surface area contributed by atoms with Crippen LogP contribution in [0.2, 0.25) is 0 Å². The smallest absolute Gasteiger partial charge is 0.222 e. The van der Waals surface area contributed by atoms with Crippen LogP contribution in [0, 0.1) is 6.92 Å². The minimum atomic E-state index is -0.161. The van der Waals surface area contributed by atoms with Crippen LogP contribution in [0.5, 0.6) is 5.88 Å². The first kappa shape index (κ1) is 13.4. The van der Waals surface area contributed by atoms with Crippen molar-refractivity contribution in [3.05, 3.63) is 24.0 Å². The Morgan fingerprint density at radius 1 is 1.41 bits per heavy atom. The molecule has 1 aromatic heterocycles. The van der Waals surface area contributed by atoms with Gasteiger partial charge in [-0.2, -0.15) is 4.98 Å². The molecular formula is C12H20N4O. The quantitative estimate of drug-likeness (QED) is 0.475. The highest BCUT2D eigenvalue weighted by molar-refractivity contribution is 5.48. The monoisotopic (exact) mass is 236 g/mol. The average Bonchev–Trinajstić information content (AvgIpc) is 2.26. The van der Waals surface area contributed by atoms with Gasteiger partial charge in [-0.25, -0.2) is 10.8 Å². The highest BCUT2D eigenvalue weighted by atomic mass is 16.5. The summed E-state index contributed by atoms with van der Waals surface area (Å²) in [5, 5.41) is 0. The maximum absolute atomic E-state index is 5.50. The lowest BCUT2D eigenvalue weighted by Gasteiger charge is -2.19. The molecule has 0 saturated carbocycles. The summed E-state index contributed by atoms with van der Waals surface area (Å²) in [5.41, 5.74) is 3.20. The van der Waals surface area contributed by atoms with Gasteiger partial charge in [0.05, 0.1) is 5.56 Å². The molecule has 0 saturated heterocycles. The van der Waals surface area contributed by atoms with Gasteiger partial charge in [0, 0.05) is 5.41 Å². The number of nitrogens with zero attached hydrogens (tertiary/aromatic N) is 2. The van der Waals surface area contributed by atoms with E-state index >= 15 is 0 Å². The molecule has 0 radical (unpaired) electrons. The van der Waals surface area contributed by atoms with Crippen LogP contribution in [0.1, 0.15) is 32.2 Å². The lowest BCUT2D eigenvalue weighted by atomic mass is 9.95. The summed E-state index contributed by atoms with van der Waals surface area (Å²) >= 11 is 0. The second kappa shape index (κ2) is 5.14. The molecule has 5 nitrogen and oxygen atoms in total. The largest absolute Gasteiger partial charge is 0.473 e. The molecule has 1 heterocycles. The molecule has 0 aromatic carbocycles. The van der Waals surface area contributed by atoms with Crippen LogP contribution in [0.3, 0.4) is 0 Å². The Hall–Kier alpha value is -1.62. The molecule has 1 rings (SSSR count). The van der Waals surface area contributed by atoms with Gasteiger partial charge < -0.3 is 10.2 Å². The van der Waals surface area contributed by atoms with E-state index in [1.807, 2.05) is 27.7 Å². The Labute approximate surface area is 102 Å². The van der Waals surface area contributed by atoms with Crippen molar-refractivity contribution in [2.24, 2.45) is 5.84 Å². The third-order valence-electron chi connectivity index (χ3n) is 2.25. The van der Waals surface area contributed by atoms with Crippen molar-refractivity contribution in [3.8, 4) is 5.88 Å². The summed E-state index contributed by atoms with van der Waals surface area (Å²) in [6, 6.07) is 0. The van der Waals surface area contributed by atoms with Crippen molar-refractivity contribution >= 4 is 5.82 Å². The van der Waals surface area contributed by atoms with Gasteiger partial charge in [0.1, 0.15) is 12.4 Å². The number of hydrazine groups is 1. The van der Waals surface area contributed by atoms with Gasteiger partial charge in [0.25, 0.3) is 0 Å². The van der Waals surface area contributed by atoms with Gasteiger partial charge in [-0.05, 0) is 6.92 Å². The van der Waals surface area contributed by atoms with Crippen LogP contribution >= 0.6 is 0 Å². The van der Waals surface area contributed by atoms with E-state index in [1.165, 1.54) is 0 Å². The third kappa shape index (κ3) is 3.17. The number of hydrogen-bond acceptors (Lipinski definition) is 5. The second-order valence-electron chi connectivity index (χ2n) is 4.82. The summed E-state index contributed by atoms with van der Waals surface area (Å²) in [6.45, 7) is 12.0. The van der Waals surface area contributed by atoms with Crippen LogP contribution < -0.4 is 16.0 Å². The standard InChI is InChI=1S/C12H20N4O/c1-6-7-17-10-8(2)9(16-13)14-11(15-10)12(3,4)5/h6H,1,7,13H2,2-5H3,(H,14,15,16). The normalized spacial score (nSPS) is 11.1. The minimum absolute atomic E-state index is 0.161. The third-order valence-corrected chi connectivity index (χ3v) is 2.25. The van der Waals surface area contributed by atoms with Crippen molar-refractivity contribution in [1.29, 1.82) is 0 Å². The van der Waals surface area contributed by atoms with E-state index < -0.39 is 0 Å². The highest BCUT2D eigenvalue weighted by Gasteiger charge is 2.21. The van der Waals surface area contributed by atoms with Crippen molar-refractivity contribution < 1.29 is 4.74 Å². The molecular weight excluding hydrogens is 216 g/mol. The number of hydrogen-bond donors (Lipinski definition) is 2. The Morgan fingerprint density at radius 2 is 2.06 bits per heavy atom. The molecule has 0 amide bonds. The number of ether oxygens (including phenoxy) is 1. The van der Waals surface area contributed by atoms with Crippen LogP contribution in [-0.2, 0) is 5.41 Å². The predicted molar refractivity (Wildman–Crippen MR) is 69.0 cm³/mol. The first-order valence-electron chi connectivity index (χ1n) is 5.49. The second-order valence-corrected chi connectivity index (χ2v) is 4.82. The van der Waals surface area contributed by atoms with Crippen LogP contribution in [0.15, 0.2) is 12.7 Å². The lowest BCUT2D eigenvalue weighted by Crippen LogP contribution is -2.20. The zero-order chi connectivity index (χ0) is 13.1. The Morgan fingerprint density at radius 3 is 2.53 bits per heavy atom. The van der Waals surface area contributed by atoms with Crippen molar-refractivity contribution in [2.45, 2.75) is 33.1 Å². The van der Waals surface area contributed by atoms with Gasteiger partial charge in [0.2, 0.25) is 5.88 Å². The Bertz CT molecular complexity index is 410. The Balaban J connectivity index is 3.23. The molecule has 0 aliphatic carbocycles. The SMILES string of the molecule is C=CCOc1nc(C(C)(C)C)nc(NN)c1C. The van der Waals surface area contributed by atoms with E-state index in [-0.39, 0.29) is 5.41 Å². The summed E-state index contributed by atoms with van der Waals surface area (Å²) in [6.07, 6.45) is 1.67. The molecule has 0 bridgehead atoms. The lowest BCUT2D eigenvalue weighted by molar-refractivity contribution is 0.340. The summed E-state index contributed by atoms with van der Waals surface area (Å²) in [4.78, 5) is 8.79. The maximum atomic E-state index is 5.50. The highest BCUT2D eigenvalue weighted by Crippen LogP contribution is 2.27. The molecule has 0 spiro atoms. The van der Waals surface area contributed by atoms with E-state index in [9.17, 15) is 0 Å². The fourth-order valence-corrected chi connectivity index (χ4v) is 1.25. The van der Waals surface area contributed by atoms with Crippen molar-refractivity contribution in [3.63, 3.8) is 0 Å². The van der Waals surface area contributed by atoms with Crippen molar-refractivity contribution in [2.75, 3.05) is 12.0 Å². The van der Waals surface area contributed by atoms with E-state index in [1.54, 1.807) is 6.08 Å². The number of rotatable bonds is 4. The molecule has 0 unspecified atom stereocenters. The summed E-state index contributed by atoms with van der Waals surface area (Å²) in [7, 11) is 0. The number of nitrogen functional groups attached to an aromatic ring is 1. The van der Waals surface area contributed by atoms with E-state index in [0.29, 0.717) is 24.1 Å². The Kier molecular flexibility index (Phi) is 4.07. The first-order chi connectivity index (χ1) is 7.90. The zero-order valence-corrected chi connectivity index (χ0v) is 10.9. The maximum Gasteiger partial charge on any atom is 0.222 e. The zero-order valence-electron chi connectivity index (χ0n) is 10.9. The topological polar surface area (TPSA) is 73.1 Å². The number of anilines is 1. The molecule has 0 aliphatic rings. The predicted octanol–water partition coefficient (Wildman–Crippen LogP) is 1.93. The molecule has 1 aromatic rings. The molecule has 0 fully saturated rings. The van der Waals surface area contributed by atoms with E-state index in [4.69, 9.17) is 10.6 Å². The molecule has 0 aliphatic heterocycles. The number of nitrogens with two attached hydrogens (primary N) is 1. The molecule has 5 heteroatoms. The minimum Gasteiger partial charge on any atom is -0.473 e. The van der Waals surface area contributed by atoms with Gasteiger partial charge in [-0.15, -0.1) is 0 Å². The van der Waals surface area contributed by atoms with Gasteiger partial charge in [-0.3, -0.25) is 0 Å². The van der Waals surface area contributed by atoms with Gasteiger partial charge in [-0.1, -0.05) is 33.4 Å². The van der Waals surface area contributed by atoms with Crippen molar-refractivity contribution in [1.82, 2.24) is 9.97 Å². The molecule has 3 N–H and O–H groups in total. The fraction of sp³-hybridized carbons (Fsp3) is 0.500. The molecule has 0 atom stereocenters. The summed E-state index contributed by atoms with van der Waals surface area (Å²) in [5.74, 6) is 7.26. The van der Waals surface area contributed by atoms with Gasteiger partial charge in [0.15, 0.2) is 5.82 Å². The van der Waals surface area contributed by atoms with Crippen LogP contribution in [0.4, 0.5) is 5.82 Å².